The van der Waals surface area contributed by atoms with Gasteiger partial charge in [0.15, 0.2) is 5.78 Å². The second-order valence-corrected chi connectivity index (χ2v) is 5.32. The van der Waals surface area contributed by atoms with Crippen molar-refractivity contribution in [2.75, 3.05) is 6.54 Å². The van der Waals surface area contributed by atoms with Crippen LogP contribution in [0.5, 0.6) is 0 Å². The van der Waals surface area contributed by atoms with Crippen LogP contribution in [0.2, 0.25) is 0 Å². The summed E-state index contributed by atoms with van der Waals surface area (Å²) in [5.41, 5.74) is 5.13. The van der Waals surface area contributed by atoms with Gasteiger partial charge in [-0.25, -0.2) is 0 Å². The third-order valence-electron chi connectivity index (χ3n) is 3.41. The number of nitrogens with two attached hydrogens (primary N) is 1. The third-order valence-corrected chi connectivity index (χ3v) is 3.41. The van der Waals surface area contributed by atoms with Crippen molar-refractivity contribution >= 4 is 11.6 Å². The minimum absolute atomic E-state index is 0.156. The van der Waals surface area contributed by atoms with Crippen LogP contribution in [0.1, 0.15) is 77.6 Å². The summed E-state index contributed by atoms with van der Waals surface area (Å²) >= 11 is 0. The van der Waals surface area contributed by atoms with E-state index >= 15 is 0 Å². The summed E-state index contributed by atoms with van der Waals surface area (Å²) < 4.78 is 0. The van der Waals surface area contributed by atoms with E-state index in [0.29, 0.717) is 6.42 Å². The van der Waals surface area contributed by atoms with Gasteiger partial charge in [0.25, 0.3) is 0 Å². The Labute approximate surface area is 124 Å². The number of carbonyl (C=O) groups is 2. The van der Waals surface area contributed by atoms with Crippen molar-refractivity contribution in [3.63, 3.8) is 0 Å². The van der Waals surface area contributed by atoms with Crippen LogP contribution in [0.4, 0.5) is 0 Å². The van der Waals surface area contributed by atoms with Gasteiger partial charge in [-0.3, -0.25) is 9.59 Å². The van der Waals surface area contributed by atoms with Gasteiger partial charge in [0.1, 0.15) is 0 Å². The molecule has 20 heavy (non-hydrogen) atoms. The number of hydrogen-bond acceptors (Lipinski definition) is 3. The fourth-order valence-corrected chi connectivity index (χ4v) is 2.08. The standard InChI is InChI=1S/C17H31NO2/c1-2-3-4-5-6-7-8-9-10-11-12-13-14-16(19)17(20)15-18/h9-10H,2-8,11-15,18H2,1H3. The van der Waals surface area contributed by atoms with Gasteiger partial charge in [0, 0.05) is 6.42 Å². The summed E-state index contributed by atoms with van der Waals surface area (Å²) in [7, 11) is 0. The van der Waals surface area contributed by atoms with Crippen molar-refractivity contribution in [2.24, 2.45) is 5.73 Å². The molecule has 0 spiro atoms. The Balaban J connectivity index is 3.28. The van der Waals surface area contributed by atoms with E-state index in [1.807, 2.05) is 0 Å². The van der Waals surface area contributed by atoms with E-state index in [1.54, 1.807) is 0 Å². The Morgan fingerprint density at radius 2 is 1.35 bits per heavy atom. The normalized spacial score (nSPS) is 11.1. The van der Waals surface area contributed by atoms with Crippen LogP contribution < -0.4 is 5.73 Å². The molecule has 2 N–H and O–H groups in total. The number of hydrogen-bond donors (Lipinski definition) is 1. The van der Waals surface area contributed by atoms with Gasteiger partial charge in [-0.05, 0) is 32.1 Å². The largest absolute Gasteiger partial charge is 0.324 e. The van der Waals surface area contributed by atoms with E-state index in [-0.39, 0.29) is 12.3 Å². The zero-order valence-electron chi connectivity index (χ0n) is 13.0. The van der Waals surface area contributed by atoms with Crippen LogP contribution in [0.25, 0.3) is 0 Å². The first-order valence-corrected chi connectivity index (χ1v) is 8.13. The lowest BCUT2D eigenvalue weighted by Gasteiger charge is -1.98. The van der Waals surface area contributed by atoms with Gasteiger partial charge in [0.05, 0.1) is 6.54 Å². The van der Waals surface area contributed by atoms with Crippen LogP contribution >= 0.6 is 0 Å². The maximum absolute atomic E-state index is 11.2. The molecule has 0 atom stereocenters. The van der Waals surface area contributed by atoms with Crippen LogP contribution in [0, 0.1) is 0 Å². The van der Waals surface area contributed by atoms with Crippen molar-refractivity contribution in [1.29, 1.82) is 0 Å². The van der Waals surface area contributed by atoms with Crippen LogP contribution in [-0.2, 0) is 9.59 Å². The molecule has 3 heteroatoms. The lowest BCUT2D eigenvalue weighted by molar-refractivity contribution is -0.135. The summed E-state index contributed by atoms with van der Waals surface area (Å²) in [6.07, 6.45) is 16.7. The first-order valence-electron chi connectivity index (χ1n) is 8.13. The number of rotatable bonds is 14. The van der Waals surface area contributed by atoms with Crippen LogP contribution in [0.15, 0.2) is 12.2 Å². The molecule has 0 amide bonds. The monoisotopic (exact) mass is 281 g/mol. The van der Waals surface area contributed by atoms with Gasteiger partial charge in [-0.2, -0.15) is 0 Å². The van der Waals surface area contributed by atoms with Gasteiger partial charge in [-0.15, -0.1) is 0 Å². The molecule has 0 saturated heterocycles. The quantitative estimate of drug-likeness (QED) is 0.298. The Morgan fingerprint density at radius 3 is 1.95 bits per heavy atom. The SMILES string of the molecule is CCCCCCCCC=CCCCCC(=O)C(=O)CN. The molecular formula is C17H31NO2. The highest BCUT2D eigenvalue weighted by molar-refractivity contribution is 6.37. The first-order chi connectivity index (χ1) is 9.72. The number of unbranched alkanes of at least 4 members (excludes halogenated alkanes) is 8. The first kappa shape index (κ1) is 19.0. The summed E-state index contributed by atoms with van der Waals surface area (Å²) in [5, 5.41) is 0. The minimum Gasteiger partial charge on any atom is -0.324 e. The van der Waals surface area contributed by atoms with Gasteiger partial charge < -0.3 is 5.73 Å². The highest BCUT2D eigenvalue weighted by Gasteiger charge is 2.09. The average molecular weight is 281 g/mol. The summed E-state index contributed by atoms with van der Waals surface area (Å²) in [5.74, 6) is -0.757. The molecule has 0 aliphatic carbocycles. The number of carbonyl (C=O) groups excluding carboxylic acids is 2. The van der Waals surface area contributed by atoms with Gasteiger partial charge >= 0.3 is 0 Å². The Hall–Kier alpha value is -0.960. The van der Waals surface area contributed by atoms with Crippen molar-refractivity contribution in [2.45, 2.75) is 77.6 Å². The molecule has 116 valence electrons. The predicted octanol–water partition coefficient (Wildman–Crippen LogP) is 3.95. The van der Waals surface area contributed by atoms with E-state index in [4.69, 9.17) is 5.73 Å². The fourth-order valence-electron chi connectivity index (χ4n) is 2.08. The molecule has 0 radical (unpaired) electrons. The maximum Gasteiger partial charge on any atom is 0.211 e. The second-order valence-electron chi connectivity index (χ2n) is 5.32. The van der Waals surface area contributed by atoms with E-state index < -0.39 is 5.78 Å². The predicted molar refractivity (Wildman–Crippen MR) is 84.7 cm³/mol. The van der Waals surface area contributed by atoms with E-state index in [0.717, 1.165) is 25.7 Å². The molecule has 0 bridgehead atoms. The fraction of sp³-hybridized carbons (Fsp3) is 0.765. The zero-order valence-corrected chi connectivity index (χ0v) is 13.0. The number of allylic oxidation sites excluding steroid dienone is 2. The van der Waals surface area contributed by atoms with Crippen molar-refractivity contribution in [1.82, 2.24) is 0 Å². The van der Waals surface area contributed by atoms with E-state index in [2.05, 4.69) is 19.1 Å². The lowest BCUT2D eigenvalue weighted by atomic mass is 10.1. The van der Waals surface area contributed by atoms with Crippen molar-refractivity contribution < 1.29 is 9.59 Å². The molecule has 0 aromatic carbocycles. The molecule has 0 fully saturated rings. The summed E-state index contributed by atoms with van der Waals surface area (Å²) in [6, 6.07) is 0. The topological polar surface area (TPSA) is 60.2 Å². The lowest BCUT2D eigenvalue weighted by Crippen LogP contribution is -2.22. The highest BCUT2D eigenvalue weighted by atomic mass is 16.2. The third kappa shape index (κ3) is 12.1. The van der Waals surface area contributed by atoms with Crippen molar-refractivity contribution in [3.05, 3.63) is 12.2 Å². The molecule has 0 heterocycles. The highest BCUT2D eigenvalue weighted by Crippen LogP contribution is 2.08. The number of Topliss-reactive ketones (excluding diaryl/α,β-unsaturated/α-hetero) is 2. The van der Waals surface area contributed by atoms with Gasteiger partial charge in [0.2, 0.25) is 5.78 Å². The molecule has 0 aliphatic heterocycles. The molecule has 0 aromatic heterocycles. The van der Waals surface area contributed by atoms with E-state index in [1.165, 1.54) is 38.5 Å². The summed E-state index contributed by atoms with van der Waals surface area (Å²) in [6.45, 7) is 2.08. The van der Waals surface area contributed by atoms with E-state index in [9.17, 15) is 9.59 Å². The van der Waals surface area contributed by atoms with Gasteiger partial charge in [-0.1, -0.05) is 51.2 Å². The molecule has 3 nitrogen and oxygen atoms in total. The molecule has 0 saturated carbocycles. The van der Waals surface area contributed by atoms with Crippen LogP contribution in [-0.4, -0.2) is 18.1 Å². The maximum atomic E-state index is 11.2. The average Bonchev–Trinajstić information content (AvgIpc) is 2.47. The summed E-state index contributed by atoms with van der Waals surface area (Å²) in [4.78, 5) is 22.2. The molecule has 0 rings (SSSR count). The Morgan fingerprint density at radius 1 is 0.800 bits per heavy atom. The Kier molecular flexibility index (Phi) is 13.8. The number of ketones is 2. The molecule has 0 aromatic rings. The molecule has 0 unspecified atom stereocenters. The second kappa shape index (κ2) is 14.4. The van der Waals surface area contributed by atoms with Crippen LogP contribution in [0.3, 0.4) is 0 Å². The molecular weight excluding hydrogens is 250 g/mol. The molecule has 0 aliphatic rings. The smallest absolute Gasteiger partial charge is 0.211 e. The zero-order chi connectivity index (χ0) is 15.1. The Bertz CT molecular complexity index is 285. The minimum atomic E-state index is -0.441. The van der Waals surface area contributed by atoms with Crippen molar-refractivity contribution in [3.8, 4) is 0 Å².